The molecule has 0 fully saturated rings. The lowest BCUT2D eigenvalue weighted by atomic mass is 9.94. The second kappa shape index (κ2) is 5.10. The molecule has 1 atom stereocenters. The van der Waals surface area contributed by atoms with Crippen molar-refractivity contribution in [3.63, 3.8) is 0 Å². The number of hydrogen-bond acceptors (Lipinski definition) is 3. The van der Waals surface area contributed by atoms with Gasteiger partial charge in [-0.2, -0.15) is 5.10 Å². The molecule has 3 N–H and O–H groups in total. The van der Waals surface area contributed by atoms with Gasteiger partial charge in [0.1, 0.15) is 0 Å². The molecule has 0 aliphatic heterocycles. The quantitative estimate of drug-likeness (QED) is 0.735. The first-order valence-corrected chi connectivity index (χ1v) is 6.59. The van der Waals surface area contributed by atoms with Crippen molar-refractivity contribution in [2.75, 3.05) is 6.61 Å². The van der Waals surface area contributed by atoms with Crippen molar-refractivity contribution in [3.8, 4) is 0 Å². The van der Waals surface area contributed by atoms with Gasteiger partial charge < -0.3 is 10.4 Å². The molecule has 5 nitrogen and oxygen atoms in total. The van der Waals surface area contributed by atoms with E-state index in [4.69, 9.17) is 5.11 Å². The highest BCUT2D eigenvalue weighted by atomic mass is 16.3. The third-order valence-electron chi connectivity index (χ3n) is 3.88. The Balaban J connectivity index is 2.12. The summed E-state index contributed by atoms with van der Waals surface area (Å²) in [5.41, 5.74) is 2.33. The van der Waals surface area contributed by atoms with Gasteiger partial charge in [-0.25, -0.2) is 0 Å². The summed E-state index contributed by atoms with van der Waals surface area (Å²) in [6, 6.07) is 0. The van der Waals surface area contributed by atoms with E-state index in [1.807, 2.05) is 13.8 Å². The molecular weight excluding hydrogens is 230 g/mol. The van der Waals surface area contributed by atoms with Crippen LogP contribution in [-0.4, -0.2) is 33.4 Å². The summed E-state index contributed by atoms with van der Waals surface area (Å²) in [5.74, 6) is -0.132. The van der Waals surface area contributed by atoms with Gasteiger partial charge in [-0.3, -0.25) is 9.89 Å². The van der Waals surface area contributed by atoms with Gasteiger partial charge in [0.05, 0.1) is 0 Å². The van der Waals surface area contributed by atoms with Crippen LogP contribution in [0, 0.1) is 0 Å². The highest BCUT2D eigenvalue weighted by Gasteiger charge is 2.28. The number of nitrogens with one attached hydrogen (secondary N) is 2. The van der Waals surface area contributed by atoms with E-state index < -0.39 is 0 Å². The molecule has 100 valence electrons. The SMILES string of the molecule is CCC(C)(CCO)NC(=O)c1n[nH]c2c1CCC2. The van der Waals surface area contributed by atoms with Crippen LogP contribution >= 0.6 is 0 Å². The molecule has 1 amide bonds. The number of amides is 1. The molecule has 5 heteroatoms. The molecule has 1 aromatic heterocycles. The van der Waals surface area contributed by atoms with Crippen molar-refractivity contribution in [2.24, 2.45) is 0 Å². The number of nitrogens with zero attached hydrogens (tertiary/aromatic N) is 1. The topological polar surface area (TPSA) is 78.0 Å². The molecule has 0 radical (unpaired) electrons. The maximum atomic E-state index is 12.2. The smallest absolute Gasteiger partial charge is 0.272 e. The van der Waals surface area contributed by atoms with Gasteiger partial charge in [0.25, 0.3) is 5.91 Å². The number of aliphatic hydroxyl groups excluding tert-OH is 1. The molecule has 1 aliphatic carbocycles. The van der Waals surface area contributed by atoms with Crippen molar-refractivity contribution in [2.45, 2.75) is 51.5 Å². The first-order valence-electron chi connectivity index (χ1n) is 6.59. The maximum absolute atomic E-state index is 12.2. The predicted molar refractivity (Wildman–Crippen MR) is 68.5 cm³/mol. The minimum Gasteiger partial charge on any atom is -0.396 e. The Morgan fingerprint density at radius 1 is 1.56 bits per heavy atom. The van der Waals surface area contributed by atoms with E-state index in [0.29, 0.717) is 12.1 Å². The summed E-state index contributed by atoms with van der Waals surface area (Å²) in [7, 11) is 0. The number of carbonyl (C=O) groups is 1. The van der Waals surface area contributed by atoms with Gasteiger partial charge in [-0.1, -0.05) is 6.92 Å². The largest absolute Gasteiger partial charge is 0.396 e. The molecule has 1 aliphatic rings. The summed E-state index contributed by atoms with van der Waals surface area (Å²) in [6.45, 7) is 4.03. The van der Waals surface area contributed by atoms with Gasteiger partial charge in [0.15, 0.2) is 5.69 Å². The number of hydrogen-bond donors (Lipinski definition) is 3. The Morgan fingerprint density at radius 3 is 3.00 bits per heavy atom. The van der Waals surface area contributed by atoms with E-state index in [9.17, 15) is 4.79 Å². The lowest BCUT2D eigenvalue weighted by Crippen LogP contribution is -2.46. The lowest BCUT2D eigenvalue weighted by Gasteiger charge is -2.28. The molecule has 2 rings (SSSR count). The van der Waals surface area contributed by atoms with Gasteiger partial charge in [0.2, 0.25) is 0 Å². The molecule has 0 saturated carbocycles. The van der Waals surface area contributed by atoms with Crippen LogP contribution in [0.1, 0.15) is 54.9 Å². The van der Waals surface area contributed by atoms with Gasteiger partial charge in [-0.05, 0) is 39.0 Å². The van der Waals surface area contributed by atoms with E-state index in [1.54, 1.807) is 0 Å². The second-order valence-electron chi connectivity index (χ2n) is 5.22. The third-order valence-corrected chi connectivity index (χ3v) is 3.88. The van der Waals surface area contributed by atoms with Crippen molar-refractivity contribution in [3.05, 3.63) is 17.0 Å². The highest BCUT2D eigenvalue weighted by molar-refractivity contribution is 5.94. The zero-order valence-electron chi connectivity index (χ0n) is 11.0. The standard InChI is InChI=1S/C13H21N3O2/c1-3-13(2,7-8-17)14-12(18)11-9-5-4-6-10(9)15-16-11/h17H,3-8H2,1-2H3,(H,14,18)(H,15,16). The molecule has 1 aromatic rings. The first kappa shape index (κ1) is 13.1. The van der Waals surface area contributed by atoms with Crippen LogP contribution < -0.4 is 5.32 Å². The fraction of sp³-hybridized carbons (Fsp3) is 0.692. The molecule has 0 bridgehead atoms. The molecule has 0 aromatic carbocycles. The van der Waals surface area contributed by atoms with E-state index in [2.05, 4.69) is 15.5 Å². The fourth-order valence-electron chi connectivity index (χ4n) is 2.41. The van der Waals surface area contributed by atoms with Crippen LogP contribution in [0.2, 0.25) is 0 Å². The zero-order chi connectivity index (χ0) is 13.2. The zero-order valence-corrected chi connectivity index (χ0v) is 11.0. The number of aryl methyl sites for hydroxylation is 1. The Kier molecular flexibility index (Phi) is 3.71. The molecule has 18 heavy (non-hydrogen) atoms. The number of aromatic nitrogens is 2. The van der Waals surface area contributed by atoms with E-state index in [-0.39, 0.29) is 18.1 Å². The molecular formula is C13H21N3O2. The Hall–Kier alpha value is -1.36. The Labute approximate surface area is 107 Å². The van der Waals surface area contributed by atoms with E-state index in [0.717, 1.165) is 36.9 Å². The second-order valence-corrected chi connectivity index (χ2v) is 5.22. The molecule has 0 saturated heterocycles. The Morgan fingerprint density at radius 2 is 2.33 bits per heavy atom. The first-order chi connectivity index (χ1) is 8.59. The van der Waals surface area contributed by atoms with Crippen LogP contribution in [0.15, 0.2) is 0 Å². The van der Waals surface area contributed by atoms with Crippen molar-refractivity contribution < 1.29 is 9.90 Å². The number of aromatic amines is 1. The molecule has 1 unspecified atom stereocenters. The summed E-state index contributed by atoms with van der Waals surface area (Å²) in [4.78, 5) is 12.2. The van der Waals surface area contributed by atoms with Crippen LogP contribution in [0.4, 0.5) is 0 Å². The number of fused-ring (bicyclic) bond motifs is 1. The van der Waals surface area contributed by atoms with Gasteiger partial charge in [0, 0.05) is 23.4 Å². The normalized spacial score (nSPS) is 17.3. The third kappa shape index (κ3) is 2.41. The number of carbonyl (C=O) groups excluding carboxylic acids is 1. The average Bonchev–Trinajstić information content (AvgIpc) is 2.90. The minimum absolute atomic E-state index is 0.0727. The van der Waals surface area contributed by atoms with E-state index >= 15 is 0 Å². The van der Waals surface area contributed by atoms with E-state index in [1.165, 1.54) is 0 Å². The maximum Gasteiger partial charge on any atom is 0.272 e. The fourth-order valence-corrected chi connectivity index (χ4v) is 2.41. The molecule has 1 heterocycles. The van der Waals surface area contributed by atoms with Crippen LogP contribution in [-0.2, 0) is 12.8 Å². The number of H-pyrrole nitrogens is 1. The van der Waals surface area contributed by atoms with Crippen LogP contribution in [0.5, 0.6) is 0 Å². The average molecular weight is 251 g/mol. The summed E-state index contributed by atoms with van der Waals surface area (Å²) in [6.07, 6.45) is 4.34. The predicted octanol–water partition coefficient (Wildman–Crippen LogP) is 1.18. The van der Waals surface area contributed by atoms with Crippen molar-refractivity contribution >= 4 is 5.91 Å². The van der Waals surface area contributed by atoms with Crippen LogP contribution in [0.3, 0.4) is 0 Å². The number of rotatable bonds is 5. The monoisotopic (exact) mass is 251 g/mol. The highest BCUT2D eigenvalue weighted by Crippen LogP contribution is 2.23. The molecule has 0 spiro atoms. The van der Waals surface area contributed by atoms with Crippen molar-refractivity contribution in [1.82, 2.24) is 15.5 Å². The van der Waals surface area contributed by atoms with Crippen molar-refractivity contribution in [1.29, 1.82) is 0 Å². The van der Waals surface area contributed by atoms with Gasteiger partial charge in [-0.15, -0.1) is 0 Å². The summed E-state index contributed by atoms with van der Waals surface area (Å²) >= 11 is 0. The Bertz CT molecular complexity index is 441. The lowest BCUT2D eigenvalue weighted by molar-refractivity contribution is 0.0880. The summed E-state index contributed by atoms with van der Waals surface area (Å²) < 4.78 is 0. The van der Waals surface area contributed by atoms with Gasteiger partial charge >= 0.3 is 0 Å². The minimum atomic E-state index is -0.365. The van der Waals surface area contributed by atoms with Crippen LogP contribution in [0.25, 0.3) is 0 Å². The number of aliphatic hydroxyl groups is 1. The summed E-state index contributed by atoms with van der Waals surface area (Å²) in [5, 5.41) is 19.1.